The van der Waals surface area contributed by atoms with E-state index in [9.17, 15) is 0 Å². The first-order chi connectivity index (χ1) is 5.15. The molecule has 0 unspecified atom stereocenters. The molecule has 0 aromatic carbocycles. The minimum atomic E-state index is 0.804. The smallest absolute Gasteiger partial charge is 0.151 e. The van der Waals surface area contributed by atoms with Crippen molar-refractivity contribution in [3.05, 3.63) is 17.9 Å². The largest absolute Gasteiger partial charge is 0.494 e. The van der Waals surface area contributed by atoms with Gasteiger partial charge in [0.1, 0.15) is 7.40 Å². The lowest BCUT2D eigenvalue weighted by Crippen LogP contribution is -1.92. The molecule has 0 saturated carbocycles. The normalized spacial score (nSPS) is 9.82. The summed E-state index contributed by atoms with van der Waals surface area (Å²) in [5.74, 6) is 0.804. The summed E-state index contributed by atoms with van der Waals surface area (Å²) in [6.07, 6.45) is 0. The predicted octanol–water partition coefficient (Wildman–Crippen LogP) is 3.06. The van der Waals surface area contributed by atoms with Crippen LogP contribution in [0.3, 0.4) is 0 Å². The molecule has 1 rings (SSSR count). The Morgan fingerprint density at radius 1 is 1.45 bits per heavy atom. The van der Waals surface area contributed by atoms with E-state index >= 15 is 0 Å². The molecule has 60 valence electrons. The molecular formula is C6H4BrI2NO. The van der Waals surface area contributed by atoms with Crippen molar-refractivity contribution in [2.45, 2.75) is 0 Å². The molecule has 2 nitrogen and oxygen atoms in total. The number of hydrogen-bond acceptors (Lipinski definition) is 2. The van der Waals surface area contributed by atoms with Gasteiger partial charge in [-0.05, 0) is 67.2 Å². The van der Waals surface area contributed by atoms with E-state index in [2.05, 4.69) is 66.1 Å². The molecular weight excluding hydrogens is 436 g/mol. The van der Waals surface area contributed by atoms with Gasteiger partial charge in [-0.25, -0.2) is 4.98 Å². The second kappa shape index (κ2) is 4.22. The summed E-state index contributed by atoms with van der Waals surface area (Å²) in [6.45, 7) is 0. The van der Waals surface area contributed by atoms with E-state index in [4.69, 9.17) is 4.74 Å². The molecule has 0 spiro atoms. The van der Waals surface area contributed by atoms with E-state index < -0.39 is 0 Å². The molecule has 0 saturated heterocycles. The van der Waals surface area contributed by atoms with Gasteiger partial charge in [0.25, 0.3) is 0 Å². The lowest BCUT2D eigenvalue weighted by Gasteiger charge is -2.03. The molecule has 0 N–H and O–H groups in total. The van der Waals surface area contributed by atoms with Crippen molar-refractivity contribution < 1.29 is 4.74 Å². The topological polar surface area (TPSA) is 22.1 Å². The number of pyridine rings is 1. The molecule has 5 heteroatoms. The van der Waals surface area contributed by atoms with Crippen molar-refractivity contribution >= 4 is 61.1 Å². The molecule has 11 heavy (non-hydrogen) atoms. The van der Waals surface area contributed by atoms with E-state index in [0.717, 1.165) is 17.6 Å². The highest BCUT2D eigenvalue weighted by atomic mass is 127. The standard InChI is InChI=1S/C6H4BrI2NO/c1-11-4-2-3(7)5(8)10-6(4)9/h2H,1H3. The first-order valence-electron chi connectivity index (χ1n) is 2.70. The molecule has 0 aliphatic rings. The monoisotopic (exact) mass is 439 g/mol. The third-order valence-corrected chi connectivity index (χ3v) is 4.02. The van der Waals surface area contributed by atoms with Gasteiger partial charge < -0.3 is 4.74 Å². The zero-order valence-electron chi connectivity index (χ0n) is 5.57. The van der Waals surface area contributed by atoms with Gasteiger partial charge in [-0.1, -0.05) is 0 Å². The average Bonchev–Trinajstić information content (AvgIpc) is 1.97. The van der Waals surface area contributed by atoms with Gasteiger partial charge in [0.2, 0.25) is 0 Å². The Morgan fingerprint density at radius 2 is 2.09 bits per heavy atom. The quantitative estimate of drug-likeness (QED) is 0.496. The van der Waals surface area contributed by atoms with Gasteiger partial charge in [-0.3, -0.25) is 0 Å². The Balaban J connectivity index is 3.21. The lowest BCUT2D eigenvalue weighted by molar-refractivity contribution is 0.408. The molecule has 0 aliphatic carbocycles. The molecule has 0 aliphatic heterocycles. The number of rotatable bonds is 1. The Morgan fingerprint density at radius 3 is 2.64 bits per heavy atom. The van der Waals surface area contributed by atoms with Crippen LogP contribution in [0.5, 0.6) is 5.75 Å². The third kappa shape index (κ3) is 2.41. The van der Waals surface area contributed by atoms with Crippen LogP contribution in [0.2, 0.25) is 0 Å². The Hall–Kier alpha value is 0.890. The van der Waals surface area contributed by atoms with Crippen LogP contribution in [0.1, 0.15) is 0 Å². The van der Waals surface area contributed by atoms with Gasteiger partial charge in [-0.15, -0.1) is 0 Å². The Kier molecular flexibility index (Phi) is 3.83. The number of hydrogen-bond donors (Lipinski definition) is 0. The van der Waals surface area contributed by atoms with Crippen LogP contribution in [0.15, 0.2) is 10.5 Å². The highest BCUT2D eigenvalue weighted by Crippen LogP contribution is 2.26. The van der Waals surface area contributed by atoms with Gasteiger partial charge in [0, 0.05) is 0 Å². The molecule has 1 aromatic heterocycles. The summed E-state index contributed by atoms with van der Waals surface area (Å²) in [5.41, 5.74) is 0. The van der Waals surface area contributed by atoms with Gasteiger partial charge in [-0.2, -0.15) is 0 Å². The summed E-state index contributed by atoms with van der Waals surface area (Å²) in [4.78, 5) is 4.25. The second-order valence-electron chi connectivity index (χ2n) is 1.75. The fraction of sp³-hybridized carbons (Fsp3) is 0.167. The summed E-state index contributed by atoms with van der Waals surface area (Å²) in [5, 5.41) is 0. The van der Waals surface area contributed by atoms with Crippen LogP contribution in [0.4, 0.5) is 0 Å². The fourth-order valence-electron chi connectivity index (χ4n) is 0.572. The van der Waals surface area contributed by atoms with E-state index in [-0.39, 0.29) is 0 Å². The zero-order valence-corrected chi connectivity index (χ0v) is 11.5. The SMILES string of the molecule is COc1cc(Br)c(I)nc1I. The highest BCUT2D eigenvalue weighted by Gasteiger charge is 2.05. The number of ether oxygens (including phenoxy) is 1. The van der Waals surface area contributed by atoms with E-state index in [1.165, 1.54) is 0 Å². The molecule has 0 bridgehead atoms. The van der Waals surface area contributed by atoms with Crippen LogP contribution in [-0.2, 0) is 0 Å². The fourth-order valence-corrected chi connectivity index (χ4v) is 2.34. The second-order valence-corrected chi connectivity index (χ2v) is 4.65. The van der Waals surface area contributed by atoms with Crippen LogP contribution >= 0.6 is 61.1 Å². The first-order valence-corrected chi connectivity index (χ1v) is 5.65. The number of methoxy groups -OCH3 is 1. The van der Waals surface area contributed by atoms with Gasteiger partial charge >= 0.3 is 0 Å². The minimum Gasteiger partial charge on any atom is -0.494 e. The number of aromatic nitrogens is 1. The van der Waals surface area contributed by atoms with Crippen LogP contribution in [0.25, 0.3) is 0 Å². The first kappa shape index (κ1) is 9.97. The molecule has 1 aromatic rings. The van der Waals surface area contributed by atoms with E-state index in [1.807, 2.05) is 6.07 Å². The van der Waals surface area contributed by atoms with Crippen molar-refractivity contribution in [2.24, 2.45) is 0 Å². The summed E-state index contributed by atoms with van der Waals surface area (Å²) in [7, 11) is 1.64. The molecule has 0 atom stereocenters. The molecule has 0 radical (unpaired) electrons. The van der Waals surface area contributed by atoms with E-state index in [0.29, 0.717) is 0 Å². The third-order valence-electron chi connectivity index (χ3n) is 1.07. The lowest BCUT2D eigenvalue weighted by atomic mass is 10.5. The average molecular weight is 440 g/mol. The van der Waals surface area contributed by atoms with Crippen molar-refractivity contribution in [1.29, 1.82) is 0 Å². The van der Waals surface area contributed by atoms with E-state index in [1.54, 1.807) is 7.11 Å². The Bertz CT molecular complexity index is 280. The molecule has 1 heterocycles. The maximum atomic E-state index is 5.08. The highest BCUT2D eigenvalue weighted by molar-refractivity contribution is 14.1. The van der Waals surface area contributed by atoms with Crippen molar-refractivity contribution in [1.82, 2.24) is 4.98 Å². The number of halogens is 3. The van der Waals surface area contributed by atoms with Gasteiger partial charge in [0.05, 0.1) is 11.6 Å². The van der Waals surface area contributed by atoms with Crippen molar-refractivity contribution in [3.63, 3.8) is 0 Å². The van der Waals surface area contributed by atoms with Gasteiger partial charge in [0.15, 0.2) is 5.75 Å². The maximum absolute atomic E-state index is 5.08. The number of nitrogens with zero attached hydrogens (tertiary/aromatic N) is 1. The summed E-state index contributed by atoms with van der Waals surface area (Å²) >= 11 is 7.67. The zero-order chi connectivity index (χ0) is 8.43. The molecule has 0 fully saturated rings. The maximum Gasteiger partial charge on any atom is 0.151 e. The van der Waals surface area contributed by atoms with Crippen LogP contribution in [0, 0.1) is 7.40 Å². The summed E-state index contributed by atoms with van der Waals surface area (Å²) in [6, 6.07) is 1.91. The molecule has 0 amide bonds. The summed E-state index contributed by atoms with van der Waals surface area (Å²) < 4.78 is 7.88. The van der Waals surface area contributed by atoms with Crippen LogP contribution < -0.4 is 4.74 Å². The Labute approximate surface area is 101 Å². The van der Waals surface area contributed by atoms with Crippen LogP contribution in [-0.4, -0.2) is 12.1 Å². The van der Waals surface area contributed by atoms with Crippen molar-refractivity contribution in [2.75, 3.05) is 7.11 Å². The predicted molar refractivity (Wildman–Crippen MR) is 63.9 cm³/mol. The minimum absolute atomic E-state index is 0.804. The van der Waals surface area contributed by atoms with Crippen molar-refractivity contribution in [3.8, 4) is 5.75 Å².